The van der Waals surface area contributed by atoms with Crippen LogP contribution in [-0.2, 0) is 0 Å². The molecular formula is C11H9N5O. The first kappa shape index (κ1) is 9.59. The molecule has 0 saturated carbocycles. The molecule has 0 spiro atoms. The molecule has 0 saturated heterocycles. The van der Waals surface area contributed by atoms with Crippen molar-refractivity contribution in [1.29, 1.82) is 0 Å². The molecule has 0 unspecified atom stereocenters. The SMILES string of the molecule is O=c1[nH]nc(Nc2ccn[nH]2)c2ccccc12. The van der Waals surface area contributed by atoms with E-state index in [1.54, 1.807) is 18.3 Å². The van der Waals surface area contributed by atoms with E-state index in [4.69, 9.17) is 0 Å². The van der Waals surface area contributed by atoms with Crippen molar-refractivity contribution < 1.29 is 0 Å². The lowest BCUT2D eigenvalue weighted by atomic mass is 10.2. The first-order valence-corrected chi connectivity index (χ1v) is 5.08. The number of fused-ring (bicyclic) bond motifs is 1. The quantitative estimate of drug-likeness (QED) is 0.617. The van der Waals surface area contributed by atoms with E-state index in [0.29, 0.717) is 11.2 Å². The van der Waals surface area contributed by atoms with Crippen LogP contribution in [0.2, 0.25) is 0 Å². The third-order valence-corrected chi connectivity index (χ3v) is 2.45. The van der Waals surface area contributed by atoms with Crippen LogP contribution in [0.4, 0.5) is 11.6 Å². The zero-order valence-electron chi connectivity index (χ0n) is 8.77. The molecule has 0 aliphatic rings. The summed E-state index contributed by atoms with van der Waals surface area (Å²) in [6.45, 7) is 0. The molecule has 0 atom stereocenters. The summed E-state index contributed by atoms with van der Waals surface area (Å²) in [7, 11) is 0. The van der Waals surface area contributed by atoms with E-state index >= 15 is 0 Å². The topological polar surface area (TPSA) is 86.5 Å². The van der Waals surface area contributed by atoms with Crippen molar-refractivity contribution in [2.45, 2.75) is 0 Å². The predicted octanol–water partition coefficient (Wildman–Crippen LogP) is 1.39. The molecular weight excluding hydrogens is 218 g/mol. The highest BCUT2D eigenvalue weighted by Gasteiger charge is 2.05. The number of hydrogen-bond acceptors (Lipinski definition) is 4. The summed E-state index contributed by atoms with van der Waals surface area (Å²) >= 11 is 0. The molecule has 2 aromatic heterocycles. The van der Waals surface area contributed by atoms with Crippen LogP contribution in [0.15, 0.2) is 41.3 Å². The third kappa shape index (κ3) is 1.65. The highest BCUT2D eigenvalue weighted by atomic mass is 16.1. The minimum absolute atomic E-state index is 0.198. The second-order valence-electron chi connectivity index (χ2n) is 3.54. The maximum atomic E-state index is 11.6. The van der Waals surface area contributed by atoms with Crippen molar-refractivity contribution in [3.05, 3.63) is 46.9 Å². The molecule has 0 fully saturated rings. The number of H-pyrrole nitrogens is 2. The Bertz CT molecular complexity index is 701. The van der Waals surface area contributed by atoms with Crippen molar-refractivity contribution in [2.75, 3.05) is 5.32 Å². The van der Waals surface area contributed by atoms with Crippen molar-refractivity contribution in [2.24, 2.45) is 0 Å². The number of nitrogens with zero attached hydrogens (tertiary/aromatic N) is 2. The van der Waals surface area contributed by atoms with Crippen LogP contribution < -0.4 is 10.9 Å². The van der Waals surface area contributed by atoms with Gasteiger partial charge in [0.1, 0.15) is 5.82 Å². The molecule has 3 aromatic rings. The molecule has 17 heavy (non-hydrogen) atoms. The van der Waals surface area contributed by atoms with Gasteiger partial charge in [-0.05, 0) is 6.07 Å². The Hall–Kier alpha value is -2.63. The lowest BCUT2D eigenvalue weighted by molar-refractivity contribution is 1.01. The number of benzene rings is 1. The summed E-state index contributed by atoms with van der Waals surface area (Å²) in [5, 5.41) is 17.5. The molecule has 1 aromatic carbocycles. The summed E-state index contributed by atoms with van der Waals surface area (Å²) in [6.07, 6.45) is 1.64. The average molecular weight is 227 g/mol. The highest BCUT2D eigenvalue weighted by Crippen LogP contribution is 2.19. The zero-order valence-corrected chi connectivity index (χ0v) is 8.77. The maximum absolute atomic E-state index is 11.6. The van der Waals surface area contributed by atoms with E-state index < -0.39 is 0 Å². The largest absolute Gasteiger partial charge is 0.323 e. The van der Waals surface area contributed by atoms with E-state index in [1.807, 2.05) is 18.2 Å². The summed E-state index contributed by atoms with van der Waals surface area (Å²) < 4.78 is 0. The normalized spacial score (nSPS) is 10.6. The van der Waals surface area contributed by atoms with Crippen molar-refractivity contribution >= 4 is 22.4 Å². The number of aromatic amines is 2. The minimum atomic E-state index is -0.198. The van der Waals surface area contributed by atoms with E-state index in [0.717, 1.165) is 11.2 Å². The van der Waals surface area contributed by atoms with E-state index in [9.17, 15) is 4.79 Å². The molecule has 6 nitrogen and oxygen atoms in total. The Kier molecular flexibility index (Phi) is 2.11. The number of anilines is 2. The number of aromatic nitrogens is 4. The van der Waals surface area contributed by atoms with Crippen LogP contribution in [0, 0.1) is 0 Å². The summed E-state index contributed by atoms with van der Waals surface area (Å²) in [5.41, 5.74) is -0.198. The molecule has 0 aliphatic heterocycles. The number of nitrogens with one attached hydrogen (secondary N) is 3. The Labute approximate surface area is 95.7 Å². The molecule has 3 rings (SSSR count). The molecule has 0 bridgehead atoms. The molecule has 2 heterocycles. The number of hydrogen-bond donors (Lipinski definition) is 3. The fraction of sp³-hybridized carbons (Fsp3) is 0. The Balaban J connectivity index is 2.17. The van der Waals surface area contributed by atoms with Crippen LogP contribution in [0.25, 0.3) is 10.8 Å². The Morgan fingerprint density at radius 3 is 2.65 bits per heavy atom. The van der Waals surface area contributed by atoms with Gasteiger partial charge in [-0.3, -0.25) is 9.89 Å². The monoisotopic (exact) mass is 227 g/mol. The van der Waals surface area contributed by atoms with Gasteiger partial charge in [0.05, 0.1) is 11.6 Å². The van der Waals surface area contributed by atoms with Gasteiger partial charge in [0.25, 0.3) is 5.56 Å². The average Bonchev–Trinajstić information content (AvgIpc) is 2.86. The van der Waals surface area contributed by atoms with Crippen molar-refractivity contribution in [3.63, 3.8) is 0 Å². The summed E-state index contributed by atoms with van der Waals surface area (Å²) in [5.74, 6) is 1.30. The molecule has 6 heteroatoms. The van der Waals surface area contributed by atoms with Gasteiger partial charge in [0.15, 0.2) is 5.82 Å². The molecule has 0 radical (unpaired) electrons. The van der Waals surface area contributed by atoms with E-state index in [2.05, 4.69) is 25.7 Å². The zero-order chi connectivity index (χ0) is 11.7. The van der Waals surface area contributed by atoms with Crippen LogP contribution in [0.3, 0.4) is 0 Å². The standard InChI is InChI=1S/C11H9N5O/c17-11-8-4-2-1-3-7(8)10(15-16-11)13-9-5-6-12-14-9/h1-6H,(H,16,17)(H2,12,13,14,15). The van der Waals surface area contributed by atoms with E-state index in [1.165, 1.54) is 0 Å². The fourth-order valence-corrected chi connectivity index (χ4v) is 1.66. The second kappa shape index (κ2) is 3.75. The van der Waals surface area contributed by atoms with Gasteiger partial charge in [-0.15, -0.1) is 0 Å². The van der Waals surface area contributed by atoms with E-state index in [-0.39, 0.29) is 5.56 Å². The Morgan fingerprint density at radius 1 is 1.06 bits per heavy atom. The fourth-order valence-electron chi connectivity index (χ4n) is 1.66. The molecule has 0 aliphatic carbocycles. The van der Waals surface area contributed by atoms with Crippen LogP contribution in [-0.4, -0.2) is 20.4 Å². The van der Waals surface area contributed by atoms with Crippen molar-refractivity contribution in [3.8, 4) is 0 Å². The van der Waals surface area contributed by atoms with Gasteiger partial charge in [0, 0.05) is 11.5 Å². The molecule has 84 valence electrons. The van der Waals surface area contributed by atoms with Crippen LogP contribution in [0.5, 0.6) is 0 Å². The molecule has 3 N–H and O–H groups in total. The lowest BCUT2D eigenvalue weighted by Crippen LogP contribution is -2.10. The smallest absolute Gasteiger partial charge is 0.272 e. The summed E-state index contributed by atoms with van der Waals surface area (Å²) in [4.78, 5) is 11.6. The first-order valence-electron chi connectivity index (χ1n) is 5.08. The minimum Gasteiger partial charge on any atom is -0.323 e. The second-order valence-corrected chi connectivity index (χ2v) is 3.54. The predicted molar refractivity (Wildman–Crippen MR) is 64.2 cm³/mol. The third-order valence-electron chi connectivity index (χ3n) is 2.45. The first-order chi connectivity index (χ1) is 8.34. The van der Waals surface area contributed by atoms with Gasteiger partial charge in [0.2, 0.25) is 0 Å². The van der Waals surface area contributed by atoms with Crippen molar-refractivity contribution in [1.82, 2.24) is 20.4 Å². The van der Waals surface area contributed by atoms with Gasteiger partial charge in [-0.2, -0.15) is 10.2 Å². The summed E-state index contributed by atoms with van der Waals surface area (Å²) in [6, 6.07) is 9.06. The highest BCUT2D eigenvalue weighted by molar-refractivity contribution is 5.91. The number of rotatable bonds is 2. The maximum Gasteiger partial charge on any atom is 0.272 e. The van der Waals surface area contributed by atoms with Gasteiger partial charge in [-0.1, -0.05) is 18.2 Å². The van der Waals surface area contributed by atoms with Crippen LogP contribution >= 0.6 is 0 Å². The van der Waals surface area contributed by atoms with Crippen LogP contribution in [0.1, 0.15) is 0 Å². The Morgan fingerprint density at radius 2 is 1.88 bits per heavy atom. The van der Waals surface area contributed by atoms with Gasteiger partial charge < -0.3 is 5.32 Å². The lowest BCUT2D eigenvalue weighted by Gasteiger charge is -2.05. The van der Waals surface area contributed by atoms with Gasteiger partial charge >= 0.3 is 0 Å². The van der Waals surface area contributed by atoms with Gasteiger partial charge in [-0.25, -0.2) is 5.10 Å². The molecule has 0 amide bonds.